The number of aromatic nitrogens is 1. The Morgan fingerprint density at radius 3 is 2.93 bits per heavy atom. The second kappa shape index (κ2) is 5.93. The van der Waals surface area contributed by atoms with Crippen LogP contribution in [0.15, 0.2) is 12.3 Å². The molecule has 5 heteroatoms. The highest BCUT2D eigenvalue weighted by atomic mass is 35.5. The molecule has 0 saturated carbocycles. The van der Waals surface area contributed by atoms with Crippen molar-refractivity contribution < 1.29 is 4.79 Å². The third-order valence-electron chi connectivity index (χ3n) is 1.84. The van der Waals surface area contributed by atoms with Crippen molar-refractivity contribution in [3.8, 4) is 0 Å². The number of hydrogen-bond acceptors (Lipinski definition) is 2. The number of hydrogen-bond donors (Lipinski definition) is 1. The van der Waals surface area contributed by atoms with Gasteiger partial charge in [-0.1, -0.05) is 11.6 Å². The fourth-order valence-corrected chi connectivity index (χ4v) is 1.31. The number of nitrogens with one attached hydrogen (secondary N) is 1. The molecule has 3 nitrogen and oxygen atoms in total. The van der Waals surface area contributed by atoms with Crippen LogP contribution in [0.2, 0.25) is 5.15 Å². The van der Waals surface area contributed by atoms with E-state index in [0.29, 0.717) is 29.6 Å². The van der Waals surface area contributed by atoms with Gasteiger partial charge in [-0.05, 0) is 25.0 Å². The summed E-state index contributed by atoms with van der Waals surface area (Å²) in [6.07, 6.45) is 2.63. The van der Waals surface area contributed by atoms with Crippen LogP contribution in [0.1, 0.15) is 18.4 Å². The Bertz CT molecular complexity index is 355. The molecule has 0 atom stereocenters. The topological polar surface area (TPSA) is 42.0 Å². The molecular weight excluding hydrogens is 235 g/mol. The summed E-state index contributed by atoms with van der Waals surface area (Å²) in [5.74, 6) is 0.435. The van der Waals surface area contributed by atoms with Crippen molar-refractivity contribution in [3.63, 3.8) is 0 Å². The highest BCUT2D eigenvalue weighted by molar-refractivity contribution is 6.30. The van der Waals surface area contributed by atoms with Crippen LogP contribution in [0.25, 0.3) is 0 Å². The number of carbonyl (C=O) groups excluding carboxylic acids is 1. The molecule has 0 saturated heterocycles. The van der Waals surface area contributed by atoms with Crippen molar-refractivity contribution in [3.05, 3.63) is 23.0 Å². The van der Waals surface area contributed by atoms with Gasteiger partial charge in [0, 0.05) is 12.3 Å². The second-order valence-electron chi connectivity index (χ2n) is 3.17. The highest BCUT2D eigenvalue weighted by Crippen LogP contribution is 2.16. The molecule has 0 aliphatic carbocycles. The van der Waals surface area contributed by atoms with E-state index in [0.717, 1.165) is 5.56 Å². The van der Waals surface area contributed by atoms with Crippen LogP contribution in [0.4, 0.5) is 5.69 Å². The van der Waals surface area contributed by atoms with Gasteiger partial charge in [-0.2, -0.15) is 0 Å². The Morgan fingerprint density at radius 1 is 1.60 bits per heavy atom. The van der Waals surface area contributed by atoms with Gasteiger partial charge in [0.2, 0.25) is 5.91 Å². The lowest BCUT2D eigenvalue weighted by molar-refractivity contribution is -0.116. The smallest absolute Gasteiger partial charge is 0.224 e. The Kier molecular flexibility index (Phi) is 4.85. The Labute approximate surface area is 98.8 Å². The van der Waals surface area contributed by atoms with E-state index in [1.165, 1.54) is 6.20 Å². The van der Waals surface area contributed by atoms with Gasteiger partial charge in [0.15, 0.2) is 0 Å². The second-order valence-corrected chi connectivity index (χ2v) is 3.91. The predicted octanol–water partition coefficient (Wildman–Crippen LogP) is 3.00. The van der Waals surface area contributed by atoms with Crippen LogP contribution < -0.4 is 5.32 Å². The van der Waals surface area contributed by atoms with E-state index in [1.807, 2.05) is 6.92 Å². The molecule has 1 heterocycles. The lowest BCUT2D eigenvalue weighted by atomic mass is 10.2. The van der Waals surface area contributed by atoms with Crippen LogP contribution in [-0.4, -0.2) is 16.8 Å². The molecule has 1 N–H and O–H groups in total. The van der Waals surface area contributed by atoms with Gasteiger partial charge in [-0.15, -0.1) is 11.6 Å². The van der Waals surface area contributed by atoms with E-state index >= 15 is 0 Å². The monoisotopic (exact) mass is 246 g/mol. The largest absolute Gasteiger partial charge is 0.325 e. The van der Waals surface area contributed by atoms with Gasteiger partial charge in [-0.3, -0.25) is 4.79 Å². The fraction of sp³-hybridized carbons (Fsp3) is 0.400. The number of amides is 1. The van der Waals surface area contributed by atoms with Gasteiger partial charge < -0.3 is 5.32 Å². The first kappa shape index (κ1) is 12.3. The summed E-state index contributed by atoms with van der Waals surface area (Å²) in [5.41, 5.74) is 1.50. The molecule has 1 amide bonds. The SMILES string of the molecule is Cc1cc(NC(=O)CCCCl)cnc1Cl. The maximum absolute atomic E-state index is 11.3. The molecule has 0 fully saturated rings. The molecule has 82 valence electrons. The minimum Gasteiger partial charge on any atom is -0.325 e. The number of carbonyl (C=O) groups is 1. The van der Waals surface area contributed by atoms with Crippen LogP contribution in [-0.2, 0) is 4.79 Å². The average Bonchev–Trinajstić information content (AvgIpc) is 2.20. The molecule has 0 aliphatic rings. The van der Waals surface area contributed by atoms with E-state index in [-0.39, 0.29) is 5.91 Å². The first-order valence-corrected chi connectivity index (χ1v) is 5.52. The minimum absolute atomic E-state index is 0.0563. The molecule has 1 aromatic rings. The molecule has 1 aromatic heterocycles. The van der Waals surface area contributed by atoms with Gasteiger partial charge >= 0.3 is 0 Å². The van der Waals surface area contributed by atoms with Crippen molar-refractivity contribution in [1.29, 1.82) is 0 Å². The molecule has 0 bridgehead atoms. The van der Waals surface area contributed by atoms with Gasteiger partial charge in [-0.25, -0.2) is 4.98 Å². The molecule has 0 aliphatic heterocycles. The van der Waals surface area contributed by atoms with Crippen molar-refractivity contribution >= 4 is 34.8 Å². The predicted molar refractivity (Wildman–Crippen MR) is 62.6 cm³/mol. The zero-order valence-electron chi connectivity index (χ0n) is 8.39. The number of rotatable bonds is 4. The zero-order valence-corrected chi connectivity index (χ0v) is 9.90. The van der Waals surface area contributed by atoms with Gasteiger partial charge in [0.25, 0.3) is 0 Å². The third kappa shape index (κ3) is 4.06. The molecule has 0 aromatic carbocycles. The summed E-state index contributed by atoms with van der Waals surface area (Å²) in [7, 11) is 0. The third-order valence-corrected chi connectivity index (χ3v) is 2.50. The summed E-state index contributed by atoms with van der Waals surface area (Å²) >= 11 is 11.2. The summed E-state index contributed by atoms with van der Waals surface area (Å²) < 4.78 is 0. The fourth-order valence-electron chi connectivity index (χ4n) is 1.08. The van der Waals surface area contributed by atoms with E-state index < -0.39 is 0 Å². The Balaban J connectivity index is 2.57. The van der Waals surface area contributed by atoms with Gasteiger partial charge in [0.05, 0.1) is 11.9 Å². The number of alkyl halides is 1. The van der Waals surface area contributed by atoms with Gasteiger partial charge in [0.1, 0.15) is 5.15 Å². The van der Waals surface area contributed by atoms with E-state index in [4.69, 9.17) is 23.2 Å². The van der Waals surface area contributed by atoms with Crippen molar-refractivity contribution in [2.45, 2.75) is 19.8 Å². The number of nitrogens with zero attached hydrogens (tertiary/aromatic N) is 1. The normalized spacial score (nSPS) is 10.1. The summed E-state index contributed by atoms with van der Waals surface area (Å²) in [5, 5.41) is 3.18. The van der Waals surface area contributed by atoms with E-state index in [1.54, 1.807) is 6.07 Å². The molecular formula is C10H12Cl2N2O. The quantitative estimate of drug-likeness (QED) is 0.656. The zero-order chi connectivity index (χ0) is 11.3. The van der Waals surface area contributed by atoms with Crippen LogP contribution in [0.3, 0.4) is 0 Å². The number of halogens is 2. The Hall–Kier alpha value is -0.800. The Morgan fingerprint density at radius 2 is 2.33 bits per heavy atom. The maximum atomic E-state index is 11.3. The molecule has 1 rings (SSSR count). The number of pyridine rings is 1. The first-order chi connectivity index (χ1) is 7.13. The standard InChI is InChI=1S/C10H12Cl2N2O/c1-7-5-8(6-13-10(7)12)14-9(15)3-2-4-11/h5-6H,2-4H2,1H3,(H,14,15). The van der Waals surface area contributed by atoms with Crippen molar-refractivity contribution in [2.24, 2.45) is 0 Å². The molecule has 0 radical (unpaired) electrons. The van der Waals surface area contributed by atoms with Crippen LogP contribution in [0.5, 0.6) is 0 Å². The maximum Gasteiger partial charge on any atom is 0.224 e. The number of anilines is 1. The summed E-state index contributed by atoms with van der Waals surface area (Å²) in [6.45, 7) is 1.84. The molecule has 15 heavy (non-hydrogen) atoms. The number of aryl methyl sites for hydroxylation is 1. The summed E-state index contributed by atoms with van der Waals surface area (Å²) in [6, 6.07) is 1.79. The van der Waals surface area contributed by atoms with Crippen molar-refractivity contribution in [1.82, 2.24) is 4.98 Å². The van der Waals surface area contributed by atoms with E-state index in [2.05, 4.69) is 10.3 Å². The van der Waals surface area contributed by atoms with Crippen LogP contribution >= 0.6 is 23.2 Å². The van der Waals surface area contributed by atoms with E-state index in [9.17, 15) is 4.79 Å². The van der Waals surface area contributed by atoms with Crippen LogP contribution in [0, 0.1) is 6.92 Å². The molecule has 0 spiro atoms. The lowest BCUT2D eigenvalue weighted by Gasteiger charge is -2.05. The molecule has 0 unspecified atom stereocenters. The average molecular weight is 247 g/mol. The first-order valence-electron chi connectivity index (χ1n) is 4.61. The lowest BCUT2D eigenvalue weighted by Crippen LogP contribution is -2.11. The summed E-state index contributed by atoms with van der Waals surface area (Å²) in [4.78, 5) is 15.3. The minimum atomic E-state index is -0.0563. The van der Waals surface area contributed by atoms with Crippen molar-refractivity contribution in [2.75, 3.05) is 11.2 Å². The highest BCUT2D eigenvalue weighted by Gasteiger charge is 2.03.